The molecule has 3 heterocycles. The zero-order valence-corrected chi connectivity index (χ0v) is 18.3. The minimum Gasteiger partial charge on any atom is -0.356 e. The molecule has 30 heavy (non-hydrogen) atoms. The molecule has 0 spiro atoms. The van der Waals surface area contributed by atoms with Crippen LogP contribution < -0.4 is 10.9 Å². The lowest BCUT2D eigenvalue weighted by Gasteiger charge is -2.29. The van der Waals surface area contributed by atoms with Gasteiger partial charge in [-0.15, -0.1) is 11.3 Å². The van der Waals surface area contributed by atoms with E-state index in [1.165, 1.54) is 17.2 Å². The van der Waals surface area contributed by atoms with Gasteiger partial charge in [0.25, 0.3) is 5.56 Å². The van der Waals surface area contributed by atoms with Crippen molar-refractivity contribution in [2.45, 2.75) is 59.0 Å². The van der Waals surface area contributed by atoms with Gasteiger partial charge in [-0.25, -0.2) is 4.68 Å². The van der Waals surface area contributed by atoms with Gasteiger partial charge in [0.1, 0.15) is 12.2 Å². The number of carbonyl (C=O) groups excluding carboxylic acids is 1. The van der Waals surface area contributed by atoms with Crippen LogP contribution in [0.5, 0.6) is 0 Å². The molecule has 4 rings (SSSR count). The highest BCUT2D eigenvalue weighted by atomic mass is 32.1. The third kappa shape index (κ3) is 4.38. The largest absolute Gasteiger partial charge is 0.356 e. The standard InChI is InChI=1S/C22H26N4O3S/c1-13-6-4-5-7-17(13)23-20(27)12-26-21(28)11-16(18-10-14(2)25-29-18)22(24-26)19-9-8-15(3)30-19/h8-11,13,17H,4-7,12H2,1-3H3,(H,23,27)/t13-,17+/m1/s1. The Kier molecular flexibility index (Phi) is 5.85. The monoisotopic (exact) mass is 426 g/mol. The Balaban J connectivity index is 1.65. The van der Waals surface area contributed by atoms with Crippen molar-refractivity contribution in [1.82, 2.24) is 20.3 Å². The molecular weight excluding hydrogens is 400 g/mol. The topological polar surface area (TPSA) is 90.0 Å². The molecule has 2 atom stereocenters. The molecule has 8 heteroatoms. The first kappa shape index (κ1) is 20.5. The molecule has 1 amide bonds. The smallest absolute Gasteiger partial charge is 0.268 e. The zero-order valence-electron chi connectivity index (χ0n) is 17.5. The Morgan fingerprint density at radius 2 is 2.07 bits per heavy atom. The fourth-order valence-corrected chi connectivity index (χ4v) is 4.81. The van der Waals surface area contributed by atoms with Crippen molar-refractivity contribution in [3.63, 3.8) is 0 Å². The van der Waals surface area contributed by atoms with E-state index in [-0.39, 0.29) is 24.1 Å². The summed E-state index contributed by atoms with van der Waals surface area (Å²) in [5, 5.41) is 11.6. The summed E-state index contributed by atoms with van der Waals surface area (Å²) in [6.07, 6.45) is 4.44. The summed E-state index contributed by atoms with van der Waals surface area (Å²) >= 11 is 1.58. The van der Waals surface area contributed by atoms with Crippen molar-refractivity contribution < 1.29 is 9.32 Å². The van der Waals surface area contributed by atoms with Crippen molar-refractivity contribution in [3.05, 3.63) is 45.2 Å². The summed E-state index contributed by atoms with van der Waals surface area (Å²) in [6.45, 7) is 5.91. The van der Waals surface area contributed by atoms with E-state index < -0.39 is 0 Å². The van der Waals surface area contributed by atoms with Crippen LogP contribution in [0.4, 0.5) is 0 Å². The maximum atomic E-state index is 12.8. The summed E-state index contributed by atoms with van der Waals surface area (Å²) in [6, 6.07) is 7.39. The number of aromatic nitrogens is 3. The molecule has 1 N–H and O–H groups in total. The maximum Gasteiger partial charge on any atom is 0.268 e. The molecule has 0 aromatic carbocycles. The fraction of sp³-hybridized carbons (Fsp3) is 0.455. The molecule has 3 aromatic rings. The Morgan fingerprint density at radius 3 is 2.73 bits per heavy atom. The third-order valence-corrected chi connectivity index (χ3v) is 6.62. The zero-order chi connectivity index (χ0) is 21.3. The van der Waals surface area contributed by atoms with Crippen LogP contribution in [0, 0.1) is 19.8 Å². The van der Waals surface area contributed by atoms with Crippen LogP contribution >= 0.6 is 11.3 Å². The number of thiophene rings is 1. The summed E-state index contributed by atoms with van der Waals surface area (Å²) in [7, 11) is 0. The SMILES string of the molecule is Cc1cc(-c2cc(=O)n(CC(=O)N[C@H]3CCCC[C@H]3C)nc2-c2ccc(C)s2)on1. The molecule has 1 saturated carbocycles. The van der Waals surface area contributed by atoms with Gasteiger partial charge in [-0.2, -0.15) is 5.10 Å². The molecule has 0 saturated heterocycles. The van der Waals surface area contributed by atoms with E-state index in [9.17, 15) is 9.59 Å². The number of carbonyl (C=O) groups is 1. The van der Waals surface area contributed by atoms with E-state index in [1.54, 1.807) is 17.4 Å². The molecule has 1 fully saturated rings. The van der Waals surface area contributed by atoms with Gasteiger partial charge in [0.2, 0.25) is 5.91 Å². The van der Waals surface area contributed by atoms with E-state index in [1.807, 2.05) is 26.0 Å². The second-order valence-corrected chi connectivity index (χ2v) is 9.37. The van der Waals surface area contributed by atoms with E-state index in [2.05, 4.69) is 22.5 Å². The normalized spacial score (nSPS) is 19.0. The van der Waals surface area contributed by atoms with E-state index in [0.29, 0.717) is 22.9 Å². The average Bonchev–Trinajstić information content (AvgIpc) is 3.33. The summed E-state index contributed by atoms with van der Waals surface area (Å²) in [4.78, 5) is 27.5. The highest BCUT2D eigenvalue weighted by Crippen LogP contribution is 2.33. The lowest BCUT2D eigenvalue weighted by atomic mass is 9.86. The van der Waals surface area contributed by atoms with Crippen LogP contribution in [0.3, 0.4) is 0 Å². The molecule has 1 aliphatic rings. The van der Waals surface area contributed by atoms with Gasteiger partial charge < -0.3 is 9.84 Å². The average molecular weight is 427 g/mol. The summed E-state index contributed by atoms with van der Waals surface area (Å²) in [5.41, 5.74) is 1.58. The number of nitrogens with zero attached hydrogens (tertiary/aromatic N) is 3. The van der Waals surface area contributed by atoms with Crippen molar-refractivity contribution in [1.29, 1.82) is 0 Å². The Bertz CT molecular complexity index is 1110. The lowest BCUT2D eigenvalue weighted by molar-refractivity contribution is -0.123. The number of rotatable bonds is 5. The van der Waals surface area contributed by atoms with Gasteiger partial charge >= 0.3 is 0 Å². The fourth-order valence-electron chi connectivity index (χ4n) is 3.94. The highest BCUT2D eigenvalue weighted by Gasteiger charge is 2.24. The molecule has 158 valence electrons. The number of amides is 1. The number of hydrogen-bond acceptors (Lipinski definition) is 6. The molecule has 0 unspecified atom stereocenters. The number of hydrogen-bond donors (Lipinski definition) is 1. The molecule has 0 aliphatic heterocycles. The van der Waals surface area contributed by atoms with Crippen LogP contribution in [-0.2, 0) is 11.3 Å². The van der Waals surface area contributed by atoms with Crippen molar-refractivity contribution in [2.75, 3.05) is 0 Å². The van der Waals surface area contributed by atoms with Crippen LogP contribution in [0.1, 0.15) is 43.2 Å². The van der Waals surface area contributed by atoms with Crippen molar-refractivity contribution in [3.8, 4) is 21.9 Å². The maximum absolute atomic E-state index is 12.8. The Labute approximate surface area is 179 Å². The predicted molar refractivity (Wildman–Crippen MR) is 116 cm³/mol. The lowest BCUT2D eigenvalue weighted by Crippen LogP contribution is -2.43. The molecule has 0 radical (unpaired) electrons. The van der Waals surface area contributed by atoms with E-state index in [4.69, 9.17) is 4.52 Å². The highest BCUT2D eigenvalue weighted by molar-refractivity contribution is 7.15. The number of nitrogens with one attached hydrogen (secondary N) is 1. The van der Waals surface area contributed by atoms with Crippen molar-refractivity contribution in [2.24, 2.45) is 5.92 Å². The van der Waals surface area contributed by atoms with Crippen LogP contribution in [0.25, 0.3) is 21.9 Å². The van der Waals surface area contributed by atoms with Gasteiger partial charge in [-0.1, -0.05) is 24.9 Å². The second-order valence-electron chi connectivity index (χ2n) is 8.08. The minimum atomic E-state index is -0.345. The second kappa shape index (κ2) is 8.55. The summed E-state index contributed by atoms with van der Waals surface area (Å²) in [5.74, 6) is 0.764. The van der Waals surface area contributed by atoms with Gasteiger partial charge in [0, 0.05) is 23.1 Å². The molecule has 3 aromatic heterocycles. The van der Waals surface area contributed by atoms with Crippen molar-refractivity contribution >= 4 is 17.2 Å². The molecule has 0 bridgehead atoms. The Morgan fingerprint density at radius 1 is 1.27 bits per heavy atom. The third-order valence-electron chi connectivity index (χ3n) is 5.62. The minimum absolute atomic E-state index is 0.102. The number of aryl methyl sites for hydroxylation is 2. The van der Waals surface area contributed by atoms with Gasteiger partial charge in [0.05, 0.1) is 16.1 Å². The molecule has 7 nitrogen and oxygen atoms in total. The first-order valence-corrected chi connectivity index (χ1v) is 11.1. The molecular formula is C22H26N4O3S. The van der Waals surface area contributed by atoms with Gasteiger partial charge in [-0.05, 0) is 44.7 Å². The predicted octanol–water partition coefficient (Wildman–Crippen LogP) is 3.94. The molecule has 1 aliphatic carbocycles. The first-order valence-electron chi connectivity index (χ1n) is 10.3. The van der Waals surface area contributed by atoms with Gasteiger partial charge in [-0.3, -0.25) is 9.59 Å². The first-order chi connectivity index (χ1) is 14.4. The Hall–Kier alpha value is -2.74. The van der Waals surface area contributed by atoms with E-state index in [0.717, 1.165) is 34.7 Å². The van der Waals surface area contributed by atoms with Crippen LogP contribution in [-0.4, -0.2) is 26.9 Å². The van der Waals surface area contributed by atoms with Gasteiger partial charge in [0.15, 0.2) is 5.76 Å². The van der Waals surface area contributed by atoms with E-state index >= 15 is 0 Å². The quantitative estimate of drug-likeness (QED) is 0.667. The summed E-state index contributed by atoms with van der Waals surface area (Å²) < 4.78 is 6.63. The van der Waals surface area contributed by atoms with Crippen LogP contribution in [0.2, 0.25) is 0 Å². The van der Waals surface area contributed by atoms with Crippen LogP contribution in [0.15, 0.2) is 33.6 Å².